The number of aryl methyl sites for hydroxylation is 1. The summed E-state index contributed by atoms with van der Waals surface area (Å²) < 4.78 is 6.24. The molecule has 18 heavy (non-hydrogen) atoms. The topological polar surface area (TPSA) is 21.3 Å². The van der Waals surface area contributed by atoms with Gasteiger partial charge in [0.15, 0.2) is 0 Å². The molecule has 1 aromatic carbocycles. The zero-order chi connectivity index (χ0) is 12.5. The van der Waals surface area contributed by atoms with E-state index in [9.17, 15) is 0 Å². The van der Waals surface area contributed by atoms with Crippen LogP contribution in [0.1, 0.15) is 22.9 Å². The predicted octanol–water partition coefficient (Wildman–Crippen LogP) is 4.51. The molecule has 0 amide bonds. The number of fused-ring (bicyclic) bond motifs is 1. The quantitative estimate of drug-likeness (QED) is 0.892. The molecular formula is C14H14ClNOS. The molecule has 0 aliphatic heterocycles. The number of benzene rings is 1. The Balaban J connectivity index is 1.86. The van der Waals surface area contributed by atoms with Gasteiger partial charge >= 0.3 is 0 Å². The van der Waals surface area contributed by atoms with Crippen LogP contribution in [0.3, 0.4) is 0 Å². The highest BCUT2D eigenvalue weighted by Crippen LogP contribution is 2.41. The van der Waals surface area contributed by atoms with E-state index >= 15 is 0 Å². The van der Waals surface area contributed by atoms with Crippen molar-refractivity contribution in [3.05, 3.63) is 45.1 Å². The number of halogens is 1. The van der Waals surface area contributed by atoms with Crippen LogP contribution in [0.5, 0.6) is 5.75 Å². The first-order valence-electron chi connectivity index (χ1n) is 5.95. The highest BCUT2D eigenvalue weighted by molar-refractivity contribution is 7.16. The Morgan fingerprint density at radius 1 is 1.39 bits per heavy atom. The molecule has 1 atom stereocenters. The molecule has 4 heteroatoms. The van der Waals surface area contributed by atoms with E-state index in [0.29, 0.717) is 6.04 Å². The molecular weight excluding hydrogens is 266 g/mol. The van der Waals surface area contributed by atoms with Crippen LogP contribution < -0.4 is 10.1 Å². The first-order valence-corrected chi connectivity index (χ1v) is 7.15. The van der Waals surface area contributed by atoms with Crippen molar-refractivity contribution in [3.8, 4) is 5.75 Å². The molecule has 0 radical (unpaired) electrons. The Morgan fingerprint density at radius 3 is 3.06 bits per heavy atom. The molecule has 1 aromatic heterocycles. The molecule has 1 unspecified atom stereocenters. The molecule has 2 nitrogen and oxygen atoms in total. The summed E-state index contributed by atoms with van der Waals surface area (Å²) in [7, 11) is 1.70. The zero-order valence-corrected chi connectivity index (χ0v) is 11.6. The third-order valence-electron chi connectivity index (χ3n) is 3.28. The van der Waals surface area contributed by atoms with Crippen LogP contribution >= 0.6 is 22.9 Å². The lowest BCUT2D eigenvalue weighted by Gasteiger charge is -2.16. The Kier molecular flexibility index (Phi) is 3.18. The number of para-hydroxylation sites is 2. The van der Waals surface area contributed by atoms with Crippen LogP contribution in [0.4, 0.5) is 5.69 Å². The normalized spacial score (nSPS) is 17.6. The minimum absolute atomic E-state index is 0.347. The second kappa shape index (κ2) is 4.82. The minimum Gasteiger partial charge on any atom is -0.495 e. The van der Waals surface area contributed by atoms with Gasteiger partial charge in [-0.05, 0) is 36.6 Å². The Labute approximate surface area is 116 Å². The number of ether oxygens (including phenoxy) is 1. The summed E-state index contributed by atoms with van der Waals surface area (Å²) in [5.74, 6) is 0.882. The van der Waals surface area contributed by atoms with Crippen LogP contribution in [0.25, 0.3) is 0 Å². The van der Waals surface area contributed by atoms with Gasteiger partial charge in [0.2, 0.25) is 0 Å². The highest BCUT2D eigenvalue weighted by Gasteiger charge is 2.25. The molecule has 94 valence electrons. The number of thiophene rings is 1. The molecule has 1 heterocycles. The fourth-order valence-electron chi connectivity index (χ4n) is 2.43. The third-order valence-corrected chi connectivity index (χ3v) is 4.62. The van der Waals surface area contributed by atoms with Crippen molar-refractivity contribution in [1.82, 2.24) is 0 Å². The summed E-state index contributed by atoms with van der Waals surface area (Å²) in [6.07, 6.45) is 2.23. The van der Waals surface area contributed by atoms with Gasteiger partial charge in [-0.3, -0.25) is 0 Å². The zero-order valence-electron chi connectivity index (χ0n) is 10.1. The molecule has 1 N–H and O–H groups in total. The van der Waals surface area contributed by atoms with E-state index in [1.165, 1.54) is 10.4 Å². The molecule has 0 fully saturated rings. The van der Waals surface area contributed by atoms with Gasteiger partial charge in [0, 0.05) is 4.88 Å². The van der Waals surface area contributed by atoms with Crippen LogP contribution in [-0.4, -0.2) is 7.11 Å². The summed E-state index contributed by atoms with van der Waals surface area (Å²) in [6, 6.07) is 10.4. The summed E-state index contributed by atoms with van der Waals surface area (Å²) in [6.45, 7) is 0. The van der Waals surface area contributed by atoms with Crippen molar-refractivity contribution in [3.63, 3.8) is 0 Å². The summed E-state index contributed by atoms with van der Waals surface area (Å²) in [5.41, 5.74) is 2.39. The lowest BCUT2D eigenvalue weighted by molar-refractivity contribution is 0.416. The molecule has 1 aliphatic carbocycles. The van der Waals surface area contributed by atoms with Crippen LogP contribution in [-0.2, 0) is 6.42 Å². The lowest BCUT2D eigenvalue weighted by atomic mass is 10.1. The maximum Gasteiger partial charge on any atom is 0.141 e. The molecule has 0 spiro atoms. The molecule has 3 rings (SSSR count). The van der Waals surface area contributed by atoms with Gasteiger partial charge in [0.1, 0.15) is 5.75 Å². The van der Waals surface area contributed by atoms with Gasteiger partial charge in [-0.15, -0.1) is 11.3 Å². The average Bonchev–Trinajstić information content (AvgIpc) is 2.91. The van der Waals surface area contributed by atoms with Crippen molar-refractivity contribution in [2.45, 2.75) is 18.9 Å². The van der Waals surface area contributed by atoms with E-state index < -0.39 is 0 Å². The highest BCUT2D eigenvalue weighted by atomic mass is 35.5. The van der Waals surface area contributed by atoms with Gasteiger partial charge in [-0.25, -0.2) is 0 Å². The van der Waals surface area contributed by atoms with E-state index in [-0.39, 0.29) is 0 Å². The molecule has 1 aliphatic rings. The molecule has 0 saturated heterocycles. The van der Waals surface area contributed by atoms with Gasteiger partial charge < -0.3 is 10.1 Å². The number of hydrogen-bond donors (Lipinski definition) is 1. The van der Waals surface area contributed by atoms with Gasteiger partial charge in [-0.2, -0.15) is 0 Å². The number of anilines is 1. The van der Waals surface area contributed by atoms with Gasteiger partial charge in [0.25, 0.3) is 0 Å². The fraction of sp³-hybridized carbons (Fsp3) is 0.286. The van der Waals surface area contributed by atoms with Crippen molar-refractivity contribution in [2.24, 2.45) is 0 Å². The minimum atomic E-state index is 0.347. The summed E-state index contributed by atoms with van der Waals surface area (Å²) in [5, 5.41) is 3.55. The van der Waals surface area contributed by atoms with Crippen LogP contribution in [0.15, 0.2) is 30.3 Å². The van der Waals surface area contributed by atoms with Gasteiger partial charge in [0.05, 0.1) is 23.2 Å². The Morgan fingerprint density at radius 2 is 2.22 bits per heavy atom. The monoisotopic (exact) mass is 279 g/mol. The van der Waals surface area contributed by atoms with Crippen molar-refractivity contribution < 1.29 is 4.74 Å². The standard InChI is InChI=1S/C14H14ClNOS/c1-17-12-5-3-2-4-11(12)16-10-6-7-13-9(10)8-14(15)18-13/h2-5,8,10,16H,6-7H2,1H3. The maximum absolute atomic E-state index is 6.07. The first-order chi connectivity index (χ1) is 8.78. The molecule has 2 aromatic rings. The van der Waals surface area contributed by atoms with E-state index in [1.807, 2.05) is 24.3 Å². The largest absolute Gasteiger partial charge is 0.495 e. The number of hydrogen-bond acceptors (Lipinski definition) is 3. The van der Waals surface area contributed by atoms with E-state index in [4.69, 9.17) is 16.3 Å². The summed E-state index contributed by atoms with van der Waals surface area (Å²) in [4.78, 5) is 1.41. The Hall–Kier alpha value is -1.19. The van der Waals surface area contributed by atoms with Crippen molar-refractivity contribution >= 4 is 28.6 Å². The maximum atomic E-state index is 6.07. The second-order valence-electron chi connectivity index (χ2n) is 4.36. The van der Waals surface area contributed by atoms with Crippen LogP contribution in [0.2, 0.25) is 4.34 Å². The fourth-order valence-corrected chi connectivity index (χ4v) is 3.79. The van der Waals surface area contributed by atoms with E-state index in [1.54, 1.807) is 18.4 Å². The smallest absolute Gasteiger partial charge is 0.141 e. The van der Waals surface area contributed by atoms with E-state index in [2.05, 4.69) is 11.4 Å². The predicted molar refractivity (Wildman–Crippen MR) is 77.0 cm³/mol. The second-order valence-corrected chi connectivity index (χ2v) is 6.13. The van der Waals surface area contributed by atoms with E-state index in [0.717, 1.165) is 28.6 Å². The average molecular weight is 280 g/mol. The Bertz CT molecular complexity index is 567. The number of rotatable bonds is 3. The third kappa shape index (κ3) is 2.08. The molecule has 0 saturated carbocycles. The van der Waals surface area contributed by atoms with Gasteiger partial charge in [-0.1, -0.05) is 23.7 Å². The molecule has 0 bridgehead atoms. The SMILES string of the molecule is COc1ccccc1NC1CCc2sc(Cl)cc21. The van der Waals surface area contributed by atoms with Crippen molar-refractivity contribution in [1.29, 1.82) is 0 Å². The number of nitrogens with one attached hydrogen (secondary N) is 1. The number of methoxy groups -OCH3 is 1. The lowest BCUT2D eigenvalue weighted by Crippen LogP contribution is -2.07. The van der Waals surface area contributed by atoms with Crippen molar-refractivity contribution in [2.75, 3.05) is 12.4 Å². The van der Waals surface area contributed by atoms with Crippen LogP contribution in [0, 0.1) is 0 Å². The summed E-state index contributed by atoms with van der Waals surface area (Å²) >= 11 is 7.77. The first kappa shape index (κ1) is 11.9.